The Morgan fingerprint density at radius 2 is 1.81 bits per heavy atom. The lowest BCUT2D eigenvalue weighted by atomic mass is 10.1. The summed E-state index contributed by atoms with van der Waals surface area (Å²) >= 11 is 1.63. The zero-order chi connectivity index (χ0) is 18.6. The highest BCUT2D eigenvalue weighted by Gasteiger charge is 2.17. The smallest absolute Gasteiger partial charge is 0.237 e. The van der Waals surface area contributed by atoms with Crippen molar-refractivity contribution in [3.8, 4) is 0 Å². The van der Waals surface area contributed by atoms with Crippen LogP contribution in [0, 0.1) is 0 Å². The summed E-state index contributed by atoms with van der Waals surface area (Å²) in [5.74, 6) is 0.0413. The quantitative estimate of drug-likeness (QED) is 0.790. The van der Waals surface area contributed by atoms with Crippen LogP contribution in [0.1, 0.15) is 24.5 Å². The average Bonchev–Trinajstić information content (AvgIpc) is 3.17. The molecule has 2 aliphatic rings. The summed E-state index contributed by atoms with van der Waals surface area (Å²) in [7, 11) is 0. The molecule has 142 valence electrons. The number of ether oxygens (including phenoxy) is 1. The molecule has 2 aromatic rings. The van der Waals surface area contributed by atoms with Crippen LogP contribution in [-0.2, 0) is 22.4 Å². The Balaban J connectivity index is 1.34. The van der Waals surface area contributed by atoms with Crippen molar-refractivity contribution in [2.24, 2.45) is 0 Å². The van der Waals surface area contributed by atoms with Gasteiger partial charge in [-0.3, -0.25) is 4.79 Å². The molecule has 5 heteroatoms. The lowest BCUT2D eigenvalue weighted by Gasteiger charge is -2.28. The van der Waals surface area contributed by atoms with Crippen molar-refractivity contribution in [2.45, 2.75) is 36.3 Å². The fraction of sp³-hybridized carbons (Fsp3) is 0.409. The van der Waals surface area contributed by atoms with Crippen LogP contribution >= 0.6 is 11.8 Å². The average molecular weight is 383 g/mol. The van der Waals surface area contributed by atoms with Gasteiger partial charge in [0.25, 0.3) is 0 Å². The first-order valence-electron chi connectivity index (χ1n) is 9.71. The first kappa shape index (κ1) is 18.4. The second-order valence-electron chi connectivity index (χ2n) is 7.18. The van der Waals surface area contributed by atoms with Crippen LogP contribution in [0.25, 0.3) is 0 Å². The Labute approximate surface area is 165 Å². The molecule has 1 aliphatic carbocycles. The Morgan fingerprint density at radius 1 is 1.07 bits per heavy atom. The minimum atomic E-state index is -0.136. The Bertz CT molecular complexity index is 800. The Kier molecular flexibility index (Phi) is 5.69. The lowest BCUT2D eigenvalue weighted by Crippen LogP contribution is -2.36. The van der Waals surface area contributed by atoms with E-state index in [0.29, 0.717) is 0 Å². The number of benzene rings is 2. The molecule has 1 unspecified atom stereocenters. The van der Waals surface area contributed by atoms with Crippen LogP contribution in [0.5, 0.6) is 0 Å². The van der Waals surface area contributed by atoms with E-state index in [0.717, 1.165) is 32.0 Å². The molecule has 1 aliphatic heterocycles. The maximum absolute atomic E-state index is 12.6. The van der Waals surface area contributed by atoms with Gasteiger partial charge in [-0.1, -0.05) is 6.07 Å². The predicted octanol–water partition coefficient (Wildman–Crippen LogP) is 4.13. The van der Waals surface area contributed by atoms with Crippen LogP contribution in [0.15, 0.2) is 47.4 Å². The van der Waals surface area contributed by atoms with Gasteiger partial charge >= 0.3 is 0 Å². The third-order valence-electron chi connectivity index (χ3n) is 5.26. The highest BCUT2D eigenvalue weighted by Crippen LogP contribution is 2.30. The molecule has 1 saturated heterocycles. The van der Waals surface area contributed by atoms with Gasteiger partial charge in [-0.15, -0.1) is 11.8 Å². The minimum absolute atomic E-state index is 0.0413. The van der Waals surface area contributed by atoms with E-state index in [1.54, 1.807) is 11.8 Å². The summed E-state index contributed by atoms with van der Waals surface area (Å²) in [6, 6.07) is 14.7. The van der Waals surface area contributed by atoms with Crippen LogP contribution in [0.4, 0.5) is 11.4 Å². The number of carbonyl (C=O) groups is 1. The first-order chi connectivity index (χ1) is 13.2. The molecule has 4 nitrogen and oxygen atoms in total. The molecule has 1 fully saturated rings. The summed E-state index contributed by atoms with van der Waals surface area (Å²) in [5, 5.41) is 2.91. The van der Waals surface area contributed by atoms with Crippen LogP contribution in [0.3, 0.4) is 0 Å². The molecule has 1 N–H and O–H groups in total. The highest BCUT2D eigenvalue weighted by atomic mass is 32.2. The van der Waals surface area contributed by atoms with Crippen molar-refractivity contribution in [3.63, 3.8) is 0 Å². The van der Waals surface area contributed by atoms with E-state index in [-0.39, 0.29) is 11.2 Å². The van der Waals surface area contributed by atoms with E-state index in [4.69, 9.17) is 4.74 Å². The molecule has 1 amide bonds. The fourth-order valence-electron chi connectivity index (χ4n) is 3.70. The van der Waals surface area contributed by atoms with Crippen molar-refractivity contribution in [2.75, 3.05) is 36.5 Å². The van der Waals surface area contributed by atoms with Crippen molar-refractivity contribution in [3.05, 3.63) is 53.6 Å². The van der Waals surface area contributed by atoms with E-state index in [2.05, 4.69) is 40.5 Å². The molecule has 1 atom stereocenters. The molecular formula is C22H26N2O2S. The van der Waals surface area contributed by atoms with Crippen LogP contribution in [-0.4, -0.2) is 37.5 Å². The van der Waals surface area contributed by atoms with Gasteiger partial charge in [0, 0.05) is 29.4 Å². The highest BCUT2D eigenvalue weighted by molar-refractivity contribution is 8.00. The number of morpholine rings is 1. The molecule has 0 spiro atoms. The maximum atomic E-state index is 12.6. The zero-order valence-corrected chi connectivity index (χ0v) is 16.6. The normalized spacial score (nSPS) is 17.4. The second kappa shape index (κ2) is 8.36. The summed E-state index contributed by atoms with van der Waals surface area (Å²) < 4.78 is 5.40. The summed E-state index contributed by atoms with van der Waals surface area (Å²) in [6.07, 6.45) is 3.61. The van der Waals surface area contributed by atoms with Crippen LogP contribution < -0.4 is 10.2 Å². The maximum Gasteiger partial charge on any atom is 0.237 e. The number of amides is 1. The Morgan fingerprint density at radius 3 is 2.59 bits per heavy atom. The van der Waals surface area contributed by atoms with Crippen molar-refractivity contribution < 1.29 is 9.53 Å². The molecule has 0 radical (unpaired) electrons. The van der Waals surface area contributed by atoms with Gasteiger partial charge in [-0.05, 0) is 73.7 Å². The molecule has 0 aromatic heterocycles. The van der Waals surface area contributed by atoms with E-state index in [1.807, 2.05) is 19.1 Å². The molecular weight excluding hydrogens is 356 g/mol. The van der Waals surface area contributed by atoms with E-state index >= 15 is 0 Å². The molecule has 27 heavy (non-hydrogen) atoms. The second-order valence-corrected chi connectivity index (χ2v) is 8.59. The summed E-state index contributed by atoms with van der Waals surface area (Å²) in [4.78, 5) is 16.1. The number of fused-ring (bicyclic) bond motifs is 1. The minimum Gasteiger partial charge on any atom is -0.378 e. The third kappa shape index (κ3) is 4.47. The molecule has 2 aromatic carbocycles. The monoisotopic (exact) mass is 382 g/mol. The van der Waals surface area contributed by atoms with Gasteiger partial charge in [-0.25, -0.2) is 0 Å². The number of aryl methyl sites for hydroxylation is 2. The number of hydrogen-bond acceptors (Lipinski definition) is 4. The standard InChI is InChI=1S/C22H26N2O2S/c1-16(27-21-10-5-17-3-2-4-18(17)15-21)22(25)23-19-6-8-20(9-7-19)24-11-13-26-14-12-24/h5-10,15-16H,2-4,11-14H2,1H3,(H,23,25). The number of thioether (sulfide) groups is 1. The molecule has 4 rings (SSSR count). The van der Waals surface area contributed by atoms with Gasteiger partial charge in [0.05, 0.1) is 18.5 Å². The predicted molar refractivity (Wildman–Crippen MR) is 112 cm³/mol. The topological polar surface area (TPSA) is 41.6 Å². The lowest BCUT2D eigenvalue weighted by molar-refractivity contribution is -0.115. The van der Waals surface area contributed by atoms with Crippen molar-refractivity contribution in [1.82, 2.24) is 0 Å². The van der Waals surface area contributed by atoms with Gasteiger partial charge in [-0.2, -0.15) is 0 Å². The molecule has 0 bridgehead atoms. The molecule has 0 saturated carbocycles. The SMILES string of the molecule is CC(Sc1ccc2c(c1)CCC2)C(=O)Nc1ccc(N2CCOCC2)cc1. The molecule has 1 heterocycles. The largest absolute Gasteiger partial charge is 0.378 e. The number of carbonyl (C=O) groups excluding carboxylic acids is 1. The van der Waals surface area contributed by atoms with Crippen molar-refractivity contribution in [1.29, 1.82) is 0 Å². The fourth-order valence-corrected chi connectivity index (χ4v) is 4.63. The van der Waals surface area contributed by atoms with Gasteiger partial charge in [0.15, 0.2) is 0 Å². The van der Waals surface area contributed by atoms with Gasteiger partial charge in [0.1, 0.15) is 0 Å². The van der Waals surface area contributed by atoms with E-state index < -0.39 is 0 Å². The van der Waals surface area contributed by atoms with E-state index in [9.17, 15) is 4.79 Å². The zero-order valence-electron chi connectivity index (χ0n) is 15.7. The number of anilines is 2. The van der Waals surface area contributed by atoms with Crippen LogP contribution in [0.2, 0.25) is 0 Å². The van der Waals surface area contributed by atoms with Crippen molar-refractivity contribution >= 4 is 29.0 Å². The number of rotatable bonds is 5. The van der Waals surface area contributed by atoms with Gasteiger partial charge < -0.3 is 15.0 Å². The number of hydrogen-bond donors (Lipinski definition) is 1. The van der Waals surface area contributed by atoms with Gasteiger partial charge in [0.2, 0.25) is 5.91 Å². The van der Waals surface area contributed by atoms with E-state index in [1.165, 1.54) is 41.0 Å². The summed E-state index contributed by atoms with van der Waals surface area (Å²) in [5.41, 5.74) is 4.94. The summed E-state index contributed by atoms with van der Waals surface area (Å²) in [6.45, 7) is 5.35. The first-order valence-corrected chi connectivity index (χ1v) is 10.6. The number of nitrogens with zero attached hydrogens (tertiary/aromatic N) is 1. The third-order valence-corrected chi connectivity index (χ3v) is 6.36. The number of nitrogens with one attached hydrogen (secondary N) is 1. The Hall–Kier alpha value is -1.98.